The van der Waals surface area contributed by atoms with E-state index in [9.17, 15) is 14.9 Å². The molecule has 0 spiro atoms. The van der Waals surface area contributed by atoms with Gasteiger partial charge in [0.25, 0.3) is 5.56 Å². The standard InChI is InChI=1S/C20H18N4O2S/c1-13-17(15-6-4-5-14(9-15)10-21)18-19(27-13)22-12-24(20(18)26)11-16(25)23-7-2-3-8-23/h4-6,9,12H,2-3,7-8,11H2,1H3. The molecular weight excluding hydrogens is 360 g/mol. The van der Waals surface area contributed by atoms with Crippen molar-refractivity contribution in [2.24, 2.45) is 0 Å². The molecular formula is C20H18N4O2S. The van der Waals surface area contributed by atoms with Crippen molar-refractivity contribution in [1.29, 1.82) is 5.26 Å². The molecule has 4 rings (SSSR count). The van der Waals surface area contributed by atoms with Gasteiger partial charge in [-0.3, -0.25) is 14.2 Å². The van der Waals surface area contributed by atoms with Crippen molar-refractivity contribution in [3.63, 3.8) is 0 Å². The summed E-state index contributed by atoms with van der Waals surface area (Å²) in [5.74, 6) is -0.0456. The molecule has 0 aliphatic carbocycles. The molecule has 0 N–H and O–H groups in total. The Morgan fingerprint density at radius 3 is 2.85 bits per heavy atom. The third-order valence-corrected chi connectivity index (χ3v) is 5.91. The van der Waals surface area contributed by atoms with Crippen molar-refractivity contribution >= 4 is 27.5 Å². The number of benzene rings is 1. The number of likely N-dealkylation sites (tertiary alicyclic amines) is 1. The predicted molar refractivity (Wildman–Crippen MR) is 105 cm³/mol. The first-order chi connectivity index (χ1) is 13.1. The number of thiophene rings is 1. The molecule has 1 saturated heterocycles. The van der Waals surface area contributed by atoms with Gasteiger partial charge in [0.05, 0.1) is 23.3 Å². The molecule has 1 aromatic carbocycles. The lowest BCUT2D eigenvalue weighted by atomic mass is 10.0. The number of hydrogen-bond acceptors (Lipinski definition) is 5. The highest BCUT2D eigenvalue weighted by atomic mass is 32.1. The van der Waals surface area contributed by atoms with E-state index in [-0.39, 0.29) is 18.0 Å². The minimum absolute atomic E-state index is 0.00828. The van der Waals surface area contributed by atoms with Crippen LogP contribution in [-0.2, 0) is 11.3 Å². The second kappa shape index (κ2) is 6.97. The number of aryl methyl sites for hydroxylation is 1. The molecule has 7 heteroatoms. The number of aromatic nitrogens is 2. The van der Waals surface area contributed by atoms with Crippen LogP contribution in [-0.4, -0.2) is 33.4 Å². The van der Waals surface area contributed by atoms with Gasteiger partial charge in [-0.05, 0) is 37.5 Å². The van der Waals surface area contributed by atoms with E-state index in [0.29, 0.717) is 15.8 Å². The maximum Gasteiger partial charge on any atom is 0.263 e. The van der Waals surface area contributed by atoms with E-state index in [1.165, 1.54) is 22.2 Å². The SMILES string of the molecule is Cc1sc2ncn(CC(=O)N3CCCC3)c(=O)c2c1-c1cccc(C#N)c1. The van der Waals surface area contributed by atoms with Crippen molar-refractivity contribution in [2.45, 2.75) is 26.3 Å². The van der Waals surface area contributed by atoms with Crippen LogP contribution >= 0.6 is 11.3 Å². The Balaban J connectivity index is 1.81. The summed E-state index contributed by atoms with van der Waals surface area (Å²) in [5.41, 5.74) is 1.95. The van der Waals surface area contributed by atoms with Gasteiger partial charge in [-0.15, -0.1) is 11.3 Å². The van der Waals surface area contributed by atoms with Gasteiger partial charge >= 0.3 is 0 Å². The molecule has 1 amide bonds. The maximum absolute atomic E-state index is 13.1. The summed E-state index contributed by atoms with van der Waals surface area (Å²) >= 11 is 1.45. The fourth-order valence-corrected chi connectivity index (χ4v) is 4.56. The van der Waals surface area contributed by atoms with Crippen molar-refractivity contribution in [3.8, 4) is 17.2 Å². The Morgan fingerprint density at radius 1 is 1.33 bits per heavy atom. The van der Waals surface area contributed by atoms with Crippen molar-refractivity contribution in [3.05, 3.63) is 51.4 Å². The maximum atomic E-state index is 13.1. The smallest absolute Gasteiger partial charge is 0.263 e. The van der Waals surface area contributed by atoms with Gasteiger partial charge in [-0.1, -0.05) is 12.1 Å². The van der Waals surface area contributed by atoms with Crippen LogP contribution in [0, 0.1) is 18.3 Å². The number of nitrogens with zero attached hydrogens (tertiary/aromatic N) is 4. The second-order valence-electron chi connectivity index (χ2n) is 6.67. The quantitative estimate of drug-likeness (QED) is 0.702. The van der Waals surface area contributed by atoms with Crippen molar-refractivity contribution < 1.29 is 4.79 Å². The van der Waals surface area contributed by atoms with Crippen LogP contribution in [0.4, 0.5) is 0 Å². The summed E-state index contributed by atoms with van der Waals surface area (Å²) in [4.78, 5) is 33.4. The number of hydrogen-bond donors (Lipinski definition) is 0. The molecule has 0 unspecified atom stereocenters. The van der Waals surface area contributed by atoms with Gasteiger partial charge in [0.1, 0.15) is 11.4 Å². The van der Waals surface area contributed by atoms with Crippen molar-refractivity contribution in [1.82, 2.24) is 14.5 Å². The summed E-state index contributed by atoms with van der Waals surface area (Å²) < 4.78 is 1.40. The largest absolute Gasteiger partial charge is 0.341 e. The molecule has 136 valence electrons. The summed E-state index contributed by atoms with van der Waals surface area (Å²) in [7, 11) is 0. The number of nitriles is 1. The minimum Gasteiger partial charge on any atom is -0.341 e. The Bertz CT molecular complexity index is 1130. The Hall–Kier alpha value is -2.98. The fraction of sp³-hybridized carbons (Fsp3) is 0.300. The lowest BCUT2D eigenvalue weighted by Crippen LogP contribution is -2.34. The van der Waals surface area contributed by atoms with Crippen LogP contribution in [0.5, 0.6) is 0 Å². The third kappa shape index (κ3) is 3.13. The number of carbonyl (C=O) groups is 1. The van der Waals surface area contributed by atoms with E-state index in [0.717, 1.165) is 41.9 Å². The van der Waals surface area contributed by atoms with Crippen LogP contribution in [0.3, 0.4) is 0 Å². The number of carbonyl (C=O) groups excluding carboxylic acids is 1. The van der Waals surface area contributed by atoms with Crippen LogP contribution in [0.25, 0.3) is 21.3 Å². The normalized spacial score (nSPS) is 13.9. The Morgan fingerprint density at radius 2 is 2.11 bits per heavy atom. The van der Waals surface area contributed by atoms with Gasteiger partial charge < -0.3 is 4.90 Å². The first kappa shape index (κ1) is 17.4. The van der Waals surface area contributed by atoms with E-state index in [4.69, 9.17) is 0 Å². The van der Waals surface area contributed by atoms with Crippen LogP contribution in [0.2, 0.25) is 0 Å². The van der Waals surface area contributed by atoms with E-state index in [1.54, 1.807) is 17.0 Å². The predicted octanol–water partition coefficient (Wildman–Crippen LogP) is 2.93. The number of rotatable bonds is 3. The lowest BCUT2D eigenvalue weighted by Gasteiger charge is -2.15. The van der Waals surface area contributed by atoms with E-state index >= 15 is 0 Å². The van der Waals surface area contributed by atoms with E-state index < -0.39 is 0 Å². The molecule has 1 aliphatic heterocycles. The van der Waals surface area contributed by atoms with Gasteiger partial charge in [-0.2, -0.15) is 5.26 Å². The molecule has 1 fully saturated rings. The molecule has 3 aromatic rings. The Labute approximate surface area is 160 Å². The van der Waals surface area contributed by atoms with Gasteiger partial charge in [-0.25, -0.2) is 4.98 Å². The van der Waals surface area contributed by atoms with Crippen LogP contribution in [0.1, 0.15) is 23.3 Å². The highest BCUT2D eigenvalue weighted by Gasteiger charge is 2.21. The molecule has 27 heavy (non-hydrogen) atoms. The lowest BCUT2D eigenvalue weighted by molar-refractivity contribution is -0.130. The molecule has 0 bridgehead atoms. The zero-order valence-electron chi connectivity index (χ0n) is 14.9. The molecule has 3 heterocycles. The van der Waals surface area contributed by atoms with E-state index in [1.807, 2.05) is 19.1 Å². The molecule has 6 nitrogen and oxygen atoms in total. The van der Waals surface area contributed by atoms with Crippen LogP contribution < -0.4 is 5.56 Å². The number of amides is 1. The molecule has 1 aliphatic rings. The van der Waals surface area contributed by atoms with Gasteiger partial charge in [0.2, 0.25) is 5.91 Å². The zero-order valence-corrected chi connectivity index (χ0v) is 15.8. The molecule has 0 radical (unpaired) electrons. The number of fused-ring (bicyclic) bond motifs is 1. The zero-order chi connectivity index (χ0) is 19.0. The van der Waals surface area contributed by atoms with Crippen LogP contribution in [0.15, 0.2) is 35.4 Å². The summed E-state index contributed by atoms with van der Waals surface area (Å²) in [6, 6.07) is 9.35. The monoisotopic (exact) mass is 378 g/mol. The van der Waals surface area contributed by atoms with Gasteiger partial charge in [0.15, 0.2) is 0 Å². The summed E-state index contributed by atoms with van der Waals surface area (Å²) in [6.45, 7) is 3.47. The average Bonchev–Trinajstić information content (AvgIpc) is 3.32. The molecule has 0 saturated carbocycles. The first-order valence-electron chi connectivity index (χ1n) is 8.85. The highest BCUT2D eigenvalue weighted by molar-refractivity contribution is 7.19. The minimum atomic E-state index is -0.214. The van der Waals surface area contributed by atoms with E-state index in [2.05, 4.69) is 11.1 Å². The van der Waals surface area contributed by atoms with Gasteiger partial charge in [0, 0.05) is 23.5 Å². The second-order valence-corrected chi connectivity index (χ2v) is 7.87. The average molecular weight is 378 g/mol. The summed E-state index contributed by atoms with van der Waals surface area (Å²) in [6.07, 6.45) is 3.49. The van der Waals surface area contributed by atoms with Crippen molar-refractivity contribution in [2.75, 3.05) is 13.1 Å². The fourth-order valence-electron chi connectivity index (χ4n) is 3.55. The molecule has 2 aromatic heterocycles. The third-order valence-electron chi connectivity index (χ3n) is 4.90. The highest BCUT2D eigenvalue weighted by Crippen LogP contribution is 2.35. The topological polar surface area (TPSA) is 79.0 Å². The summed E-state index contributed by atoms with van der Waals surface area (Å²) in [5, 5.41) is 9.69. The molecule has 0 atom stereocenters. The first-order valence-corrected chi connectivity index (χ1v) is 9.67. The Kier molecular flexibility index (Phi) is 4.50.